The van der Waals surface area contributed by atoms with Gasteiger partial charge >= 0.3 is 0 Å². The molecule has 2 amide bonds. The Morgan fingerprint density at radius 3 is 2.64 bits per heavy atom. The van der Waals surface area contributed by atoms with E-state index in [1.165, 1.54) is 0 Å². The van der Waals surface area contributed by atoms with E-state index in [0.29, 0.717) is 23.4 Å². The molecule has 132 valence electrons. The SMILES string of the molecule is CNC(=O)C1(NC(=O)c2cc(-n3cccn3)ccc2Cl)CCCCC1. The number of benzene rings is 1. The van der Waals surface area contributed by atoms with E-state index >= 15 is 0 Å². The quantitative estimate of drug-likeness (QED) is 0.880. The molecule has 7 heteroatoms. The van der Waals surface area contributed by atoms with Crippen molar-refractivity contribution in [1.82, 2.24) is 20.4 Å². The third kappa shape index (κ3) is 3.54. The van der Waals surface area contributed by atoms with Gasteiger partial charge in [-0.15, -0.1) is 0 Å². The summed E-state index contributed by atoms with van der Waals surface area (Å²) in [5.74, 6) is -0.496. The van der Waals surface area contributed by atoms with Crippen LogP contribution >= 0.6 is 11.6 Å². The molecule has 1 aromatic heterocycles. The van der Waals surface area contributed by atoms with Gasteiger partial charge in [-0.05, 0) is 37.1 Å². The van der Waals surface area contributed by atoms with Crippen LogP contribution in [0.25, 0.3) is 5.69 Å². The lowest BCUT2D eigenvalue weighted by Gasteiger charge is -2.36. The molecule has 0 unspecified atom stereocenters. The summed E-state index contributed by atoms with van der Waals surface area (Å²) in [6, 6.07) is 6.95. The molecule has 6 nitrogen and oxygen atoms in total. The van der Waals surface area contributed by atoms with Crippen molar-refractivity contribution in [2.45, 2.75) is 37.6 Å². The Balaban J connectivity index is 1.89. The number of nitrogens with zero attached hydrogens (tertiary/aromatic N) is 2. The molecule has 0 aliphatic heterocycles. The smallest absolute Gasteiger partial charge is 0.253 e. The molecule has 2 N–H and O–H groups in total. The van der Waals surface area contributed by atoms with Crippen LogP contribution in [0.4, 0.5) is 0 Å². The van der Waals surface area contributed by atoms with E-state index in [2.05, 4.69) is 15.7 Å². The summed E-state index contributed by atoms with van der Waals surface area (Å²) in [7, 11) is 1.59. The van der Waals surface area contributed by atoms with Gasteiger partial charge in [0.25, 0.3) is 5.91 Å². The average Bonchev–Trinajstić information content (AvgIpc) is 3.16. The molecule has 1 aromatic carbocycles. The summed E-state index contributed by atoms with van der Waals surface area (Å²) in [6.45, 7) is 0. The van der Waals surface area contributed by atoms with E-state index in [1.807, 2.05) is 0 Å². The lowest BCUT2D eigenvalue weighted by Crippen LogP contribution is -2.59. The number of hydrogen-bond donors (Lipinski definition) is 2. The van der Waals surface area contributed by atoms with Crippen molar-refractivity contribution in [3.05, 3.63) is 47.2 Å². The Kier molecular flexibility index (Phi) is 5.08. The van der Waals surface area contributed by atoms with Crippen molar-refractivity contribution in [3.63, 3.8) is 0 Å². The first-order valence-corrected chi connectivity index (χ1v) is 8.78. The van der Waals surface area contributed by atoms with Crippen molar-refractivity contribution in [2.24, 2.45) is 0 Å². The molecule has 0 radical (unpaired) electrons. The van der Waals surface area contributed by atoms with Gasteiger partial charge in [0.05, 0.1) is 16.3 Å². The van der Waals surface area contributed by atoms with Gasteiger partial charge in [0.1, 0.15) is 5.54 Å². The van der Waals surface area contributed by atoms with Gasteiger partial charge < -0.3 is 10.6 Å². The molecule has 0 bridgehead atoms. The normalized spacial score (nSPS) is 16.2. The molecule has 0 saturated heterocycles. The average molecular weight is 361 g/mol. The lowest BCUT2D eigenvalue weighted by atomic mass is 9.80. The topological polar surface area (TPSA) is 76.0 Å². The number of carbonyl (C=O) groups excluding carboxylic acids is 2. The minimum Gasteiger partial charge on any atom is -0.357 e. The summed E-state index contributed by atoms with van der Waals surface area (Å²) in [5.41, 5.74) is 0.204. The van der Waals surface area contributed by atoms with Crippen LogP contribution in [-0.4, -0.2) is 34.2 Å². The van der Waals surface area contributed by atoms with Crippen LogP contribution in [0, 0.1) is 0 Å². The molecule has 0 spiro atoms. The first kappa shape index (κ1) is 17.5. The first-order chi connectivity index (χ1) is 12.1. The number of nitrogens with one attached hydrogen (secondary N) is 2. The minimum absolute atomic E-state index is 0.153. The van der Waals surface area contributed by atoms with E-state index in [1.54, 1.807) is 48.4 Å². The molecule has 1 aliphatic rings. The summed E-state index contributed by atoms with van der Waals surface area (Å²) in [6.07, 6.45) is 7.62. The standard InChI is InChI=1S/C18H21ClN4O2/c1-20-17(25)18(8-3-2-4-9-18)22-16(24)14-12-13(6-7-15(14)19)23-11-5-10-21-23/h5-7,10-12H,2-4,8-9H2,1H3,(H,20,25)(H,22,24). The van der Waals surface area contributed by atoms with Crippen molar-refractivity contribution >= 4 is 23.4 Å². The highest BCUT2D eigenvalue weighted by Crippen LogP contribution is 2.29. The van der Waals surface area contributed by atoms with Gasteiger partial charge in [0.15, 0.2) is 0 Å². The highest BCUT2D eigenvalue weighted by Gasteiger charge is 2.40. The molecule has 2 aromatic rings. The molecule has 25 heavy (non-hydrogen) atoms. The Bertz CT molecular complexity index is 767. The van der Waals surface area contributed by atoms with Gasteiger partial charge in [-0.2, -0.15) is 5.10 Å². The third-order valence-corrected chi connectivity index (χ3v) is 5.01. The fourth-order valence-corrected chi connectivity index (χ4v) is 3.54. The second kappa shape index (κ2) is 7.27. The van der Waals surface area contributed by atoms with Crippen LogP contribution < -0.4 is 10.6 Å². The summed E-state index contributed by atoms with van der Waals surface area (Å²) in [4.78, 5) is 25.3. The second-order valence-electron chi connectivity index (χ2n) is 6.29. The maximum atomic E-state index is 12.9. The highest BCUT2D eigenvalue weighted by atomic mass is 35.5. The Morgan fingerprint density at radius 2 is 2.00 bits per heavy atom. The fourth-order valence-electron chi connectivity index (χ4n) is 3.34. The first-order valence-electron chi connectivity index (χ1n) is 8.40. The van der Waals surface area contributed by atoms with Crippen LogP contribution in [0.3, 0.4) is 0 Å². The largest absolute Gasteiger partial charge is 0.357 e. The maximum Gasteiger partial charge on any atom is 0.253 e. The molecule has 1 aliphatic carbocycles. The number of likely N-dealkylation sites (N-methyl/N-ethyl adjacent to an activating group) is 1. The van der Waals surface area contributed by atoms with Crippen LogP contribution in [0.2, 0.25) is 5.02 Å². The Hall–Kier alpha value is -2.34. The van der Waals surface area contributed by atoms with E-state index in [0.717, 1.165) is 24.9 Å². The predicted octanol–water partition coefficient (Wildman–Crippen LogP) is 2.70. The van der Waals surface area contributed by atoms with Gasteiger partial charge in [-0.3, -0.25) is 9.59 Å². The monoisotopic (exact) mass is 360 g/mol. The van der Waals surface area contributed by atoms with Gasteiger partial charge in [-0.1, -0.05) is 30.9 Å². The van der Waals surface area contributed by atoms with Crippen molar-refractivity contribution in [1.29, 1.82) is 0 Å². The van der Waals surface area contributed by atoms with Gasteiger partial charge in [0, 0.05) is 19.4 Å². The number of rotatable bonds is 4. The highest BCUT2D eigenvalue weighted by molar-refractivity contribution is 6.34. The Labute approximate surface area is 151 Å². The summed E-state index contributed by atoms with van der Waals surface area (Å²) < 4.78 is 1.65. The van der Waals surface area contributed by atoms with E-state index < -0.39 is 5.54 Å². The number of carbonyl (C=O) groups is 2. The van der Waals surface area contributed by atoms with E-state index in [4.69, 9.17) is 11.6 Å². The second-order valence-corrected chi connectivity index (χ2v) is 6.70. The fraction of sp³-hybridized carbons (Fsp3) is 0.389. The molecular weight excluding hydrogens is 340 g/mol. The molecule has 0 atom stereocenters. The Morgan fingerprint density at radius 1 is 1.24 bits per heavy atom. The van der Waals surface area contributed by atoms with Crippen LogP contribution in [0.5, 0.6) is 0 Å². The molecule has 3 rings (SSSR count). The molecule has 1 heterocycles. The number of halogens is 1. The van der Waals surface area contributed by atoms with E-state index in [9.17, 15) is 9.59 Å². The van der Waals surface area contributed by atoms with Crippen molar-refractivity contribution in [2.75, 3.05) is 7.05 Å². The minimum atomic E-state index is -0.866. The molecule has 1 fully saturated rings. The van der Waals surface area contributed by atoms with Crippen LogP contribution in [0.15, 0.2) is 36.7 Å². The van der Waals surface area contributed by atoms with Crippen molar-refractivity contribution in [3.8, 4) is 5.69 Å². The summed E-state index contributed by atoms with van der Waals surface area (Å²) >= 11 is 6.24. The zero-order valence-electron chi connectivity index (χ0n) is 14.1. The van der Waals surface area contributed by atoms with Crippen LogP contribution in [-0.2, 0) is 4.79 Å². The number of aromatic nitrogens is 2. The van der Waals surface area contributed by atoms with Gasteiger partial charge in [0.2, 0.25) is 5.91 Å². The zero-order valence-corrected chi connectivity index (χ0v) is 14.8. The zero-order chi connectivity index (χ0) is 17.9. The number of amides is 2. The van der Waals surface area contributed by atoms with Gasteiger partial charge in [-0.25, -0.2) is 4.68 Å². The molecule has 1 saturated carbocycles. The maximum absolute atomic E-state index is 12.9. The van der Waals surface area contributed by atoms with E-state index in [-0.39, 0.29) is 11.8 Å². The summed E-state index contributed by atoms with van der Waals surface area (Å²) in [5, 5.41) is 10.1. The van der Waals surface area contributed by atoms with Crippen LogP contribution in [0.1, 0.15) is 42.5 Å². The van der Waals surface area contributed by atoms with Crippen molar-refractivity contribution < 1.29 is 9.59 Å². The lowest BCUT2D eigenvalue weighted by molar-refractivity contribution is -0.128. The third-order valence-electron chi connectivity index (χ3n) is 4.69. The number of hydrogen-bond acceptors (Lipinski definition) is 3. The predicted molar refractivity (Wildman–Crippen MR) is 95.9 cm³/mol. The molecular formula is C18H21ClN4O2.